The van der Waals surface area contributed by atoms with Crippen LogP contribution < -0.4 is 5.32 Å². The van der Waals surface area contributed by atoms with Crippen molar-refractivity contribution in [2.45, 2.75) is 26.3 Å². The predicted molar refractivity (Wildman–Crippen MR) is 85.4 cm³/mol. The third-order valence-electron chi connectivity index (χ3n) is 3.39. The molecule has 0 amide bonds. The van der Waals surface area contributed by atoms with E-state index >= 15 is 0 Å². The van der Waals surface area contributed by atoms with Gasteiger partial charge >= 0.3 is 0 Å². The first kappa shape index (κ1) is 15.2. The van der Waals surface area contributed by atoms with Crippen molar-refractivity contribution in [3.8, 4) is 0 Å². The first-order valence-electron chi connectivity index (χ1n) is 6.93. The molecule has 2 rings (SSSR count). The monoisotopic (exact) mass is 335 g/mol. The van der Waals surface area contributed by atoms with Crippen molar-refractivity contribution in [1.82, 2.24) is 5.32 Å². The summed E-state index contributed by atoms with van der Waals surface area (Å²) in [5.41, 5.74) is 3.04. The highest BCUT2D eigenvalue weighted by molar-refractivity contribution is 9.10. The van der Waals surface area contributed by atoms with Crippen LogP contribution in [0.1, 0.15) is 36.6 Å². The highest BCUT2D eigenvalue weighted by Crippen LogP contribution is 2.28. The number of aryl methyl sites for hydroxylation is 1. The minimum atomic E-state index is -0.194. The maximum atomic E-state index is 14.4. The van der Waals surface area contributed by atoms with Crippen molar-refractivity contribution in [3.05, 3.63) is 69.4 Å². The number of hydrogen-bond acceptors (Lipinski definition) is 1. The predicted octanol–water partition coefficient (Wildman–Crippen LogP) is 4.85. The SMILES string of the molecule is CCNC(c1cccc(CC)c1)c1cccc(Br)c1F. The Bertz CT molecular complexity index is 583. The zero-order valence-electron chi connectivity index (χ0n) is 11.8. The first-order valence-corrected chi connectivity index (χ1v) is 7.72. The summed E-state index contributed by atoms with van der Waals surface area (Å²) in [5.74, 6) is -0.194. The Morgan fingerprint density at radius 1 is 1.15 bits per heavy atom. The van der Waals surface area contributed by atoms with Crippen LogP contribution in [0.2, 0.25) is 0 Å². The Kier molecular flexibility index (Phi) is 5.32. The third kappa shape index (κ3) is 3.28. The molecule has 0 bridgehead atoms. The topological polar surface area (TPSA) is 12.0 Å². The average molecular weight is 336 g/mol. The van der Waals surface area contributed by atoms with Crippen molar-refractivity contribution < 1.29 is 4.39 Å². The second kappa shape index (κ2) is 7.00. The summed E-state index contributed by atoms with van der Waals surface area (Å²) in [4.78, 5) is 0. The molecule has 0 heterocycles. The summed E-state index contributed by atoms with van der Waals surface area (Å²) >= 11 is 3.26. The van der Waals surface area contributed by atoms with Crippen molar-refractivity contribution in [3.63, 3.8) is 0 Å². The molecule has 0 saturated carbocycles. The van der Waals surface area contributed by atoms with Crippen molar-refractivity contribution in [2.75, 3.05) is 6.54 Å². The molecule has 1 unspecified atom stereocenters. The van der Waals surface area contributed by atoms with Gasteiger partial charge in [-0.1, -0.05) is 50.2 Å². The fraction of sp³-hybridized carbons (Fsp3) is 0.294. The van der Waals surface area contributed by atoms with E-state index in [2.05, 4.69) is 40.3 Å². The zero-order chi connectivity index (χ0) is 14.5. The molecule has 0 aliphatic carbocycles. The van der Waals surface area contributed by atoms with Gasteiger partial charge in [0.1, 0.15) is 5.82 Å². The van der Waals surface area contributed by atoms with Crippen LogP contribution in [0, 0.1) is 5.82 Å². The standard InChI is InChI=1S/C17H19BrFN/c1-3-12-7-5-8-13(11-12)17(20-4-2)14-9-6-10-15(18)16(14)19/h5-11,17,20H,3-4H2,1-2H3. The minimum Gasteiger partial charge on any atom is -0.306 e. The van der Waals surface area contributed by atoms with Gasteiger partial charge in [0.05, 0.1) is 10.5 Å². The van der Waals surface area contributed by atoms with Crippen LogP contribution in [-0.2, 0) is 6.42 Å². The summed E-state index contributed by atoms with van der Waals surface area (Å²) in [6.45, 7) is 4.95. The Hall–Kier alpha value is -1.19. The molecule has 106 valence electrons. The fourth-order valence-corrected chi connectivity index (χ4v) is 2.73. The van der Waals surface area contributed by atoms with Gasteiger partial charge in [0, 0.05) is 5.56 Å². The van der Waals surface area contributed by atoms with Crippen LogP contribution in [0.3, 0.4) is 0 Å². The second-order valence-electron chi connectivity index (χ2n) is 4.73. The number of halogens is 2. The minimum absolute atomic E-state index is 0.121. The Morgan fingerprint density at radius 2 is 1.90 bits per heavy atom. The van der Waals surface area contributed by atoms with Crippen LogP contribution >= 0.6 is 15.9 Å². The highest BCUT2D eigenvalue weighted by Gasteiger charge is 2.18. The molecule has 3 heteroatoms. The smallest absolute Gasteiger partial charge is 0.142 e. The van der Waals surface area contributed by atoms with E-state index < -0.39 is 0 Å². The van der Waals surface area contributed by atoms with Gasteiger partial charge < -0.3 is 5.32 Å². The second-order valence-corrected chi connectivity index (χ2v) is 5.59. The normalized spacial score (nSPS) is 12.4. The number of rotatable bonds is 5. The van der Waals surface area contributed by atoms with E-state index in [-0.39, 0.29) is 11.9 Å². The molecule has 1 N–H and O–H groups in total. The van der Waals surface area contributed by atoms with Crippen molar-refractivity contribution in [2.24, 2.45) is 0 Å². The van der Waals surface area contributed by atoms with E-state index in [4.69, 9.17) is 0 Å². The summed E-state index contributed by atoms with van der Waals surface area (Å²) < 4.78 is 14.9. The molecule has 2 aromatic rings. The van der Waals surface area contributed by atoms with Crippen molar-refractivity contribution in [1.29, 1.82) is 0 Å². The van der Waals surface area contributed by atoms with Gasteiger partial charge in [-0.2, -0.15) is 0 Å². The van der Waals surface area contributed by atoms with Gasteiger partial charge in [-0.05, 0) is 46.1 Å². The van der Waals surface area contributed by atoms with Crippen LogP contribution in [0.4, 0.5) is 4.39 Å². The summed E-state index contributed by atoms with van der Waals surface area (Å²) in [7, 11) is 0. The van der Waals surface area contributed by atoms with Crippen LogP contribution in [0.5, 0.6) is 0 Å². The molecule has 0 radical (unpaired) electrons. The van der Waals surface area contributed by atoms with E-state index in [1.165, 1.54) is 5.56 Å². The molecule has 0 aromatic heterocycles. The lowest BCUT2D eigenvalue weighted by Gasteiger charge is -2.20. The first-order chi connectivity index (χ1) is 9.67. The Labute approximate surface area is 128 Å². The number of nitrogens with one attached hydrogen (secondary N) is 1. The fourth-order valence-electron chi connectivity index (χ4n) is 2.35. The van der Waals surface area contributed by atoms with E-state index in [1.807, 2.05) is 31.2 Å². The van der Waals surface area contributed by atoms with E-state index in [0.717, 1.165) is 18.5 Å². The molecule has 0 aliphatic rings. The maximum Gasteiger partial charge on any atom is 0.142 e. The Morgan fingerprint density at radius 3 is 2.60 bits per heavy atom. The van der Waals surface area contributed by atoms with E-state index in [1.54, 1.807) is 6.07 Å². The molecular formula is C17H19BrFN. The molecule has 0 fully saturated rings. The lowest BCUT2D eigenvalue weighted by molar-refractivity contribution is 0.554. The molecule has 1 nitrogen and oxygen atoms in total. The van der Waals surface area contributed by atoms with E-state index in [0.29, 0.717) is 10.0 Å². The molecule has 1 atom stereocenters. The number of hydrogen-bond donors (Lipinski definition) is 1. The number of benzene rings is 2. The summed E-state index contributed by atoms with van der Waals surface area (Å²) in [6.07, 6.45) is 0.980. The zero-order valence-corrected chi connectivity index (χ0v) is 13.4. The van der Waals surface area contributed by atoms with Crippen LogP contribution in [-0.4, -0.2) is 6.54 Å². The highest BCUT2D eigenvalue weighted by atomic mass is 79.9. The summed E-state index contributed by atoms with van der Waals surface area (Å²) in [6, 6.07) is 13.6. The molecule has 20 heavy (non-hydrogen) atoms. The van der Waals surface area contributed by atoms with Gasteiger partial charge in [-0.3, -0.25) is 0 Å². The van der Waals surface area contributed by atoms with Crippen LogP contribution in [0.15, 0.2) is 46.9 Å². The lowest BCUT2D eigenvalue weighted by Crippen LogP contribution is -2.23. The lowest BCUT2D eigenvalue weighted by atomic mass is 9.96. The molecule has 0 spiro atoms. The Balaban J connectivity index is 2.47. The van der Waals surface area contributed by atoms with Gasteiger partial charge in [-0.15, -0.1) is 0 Å². The average Bonchev–Trinajstić information content (AvgIpc) is 2.48. The van der Waals surface area contributed by atoms with Gasteiger partial charge in [0.15, 0.2) is 0 Å². The summed E-state index contributed by atoms with van der Waals surface area (Å²) in [5, 5.41) is 3.37. The van der Waals surface area contributed by atoms with Gasteiger partial charge in [0.25, 0.3) is 0 Å². The molecular weight excluding hydrogens is 317 g/mol. The maximum absolute atomic E-state index is 14.4. The largest absolute Gasteiger partial charge is 0.306 e. The molecule has 0 aliphatic heterocycles. The molecule has 0 saturated heterocycles. The molecule has 2 aromatic carbocycles. The third-order valence-corrected chi connectivity index (χ3v) is 4.01. The van der Waals surface area contributed by atoms with Gasteiger partial charge in [-0.25, -0.2) is 4.39 Å². The quantitative estimate of drug-likeness (QED) is 0.823. The van der Waals surface area contributed by atoms with Crippen molar-refractivity contribution >= 4 is 15.9 Å². The van der Waals surface area contributed by atoms with Crippen LogP contribution in [0.25, 0.3) is 0 Å². The van der Waals surface area contributed by atoms with E-state index in [9.17, 15) is 4.39 Å². The van der Waals surface area contributed by atoms with Gasteiger partial charge in [0.2, 0.25) is 0 Å².